The van der Waals surface area contributed by atoms with E-state index in [2.05, 4.69) is 66.0 Å². The fourth-order valence-corrected chi connectivity index (χ4v) is 2.65. The molecular formula is C12H16IN. The van der Waals surface area contributed by atoms with Crippen molar-refractivity contribution in [2.24, 2.45) is 5.92 Å². The molecule has 2 rings (SSSR count). The summed E-state index contributed by atoms with van der Waals surface area (Å²) in [6.07, 6.45) is 1.34. The Bertz CT molecular complexity index is 324. The van der Waals surface area contributed by atoms with Gasteiger partial charge in [0, 0.05) is 15.7 Å². The Balaban J connectivity index is 2.03. The van der Waals surface area contributed by atoms with Gasteiger partial charge in [0.05, 0.1) is 0 Å². The summed E-state index contributed by atoms with van der Waals surface area (Å²) in [7, 11) is 0. The Hall–Kier alpha value is -0.0900. The summed E-state index contributed by atoms with van der Waals surface area (Å²) >= 11 is 2.41. The summed E-state index contributed by atoms with van der Waals surface area (Å²) in [5.74, 6) is 0.874. The van der Waals surface area contributed by atoms with Gasteiger partial charge in [-0.3, -0.25) is 0 Å². The molecule has 0 radical (unpaired) electrons. The zero-order valence-corrected chi connectivity index (χ0v) is 10.8. The van der Waals surface area contributed by atoms with Crippen LogP contribution in [0.2, 0.25) is 0 Å². The third-order valence-electron chi connectivity index (χ3n) is 2.95. The van der Waals surface area contributed by atoms with Crippen LogP contribution in [-0.4, -0.2) is 6.04 Å². The highest BCUT2D eigenvalue weighted by atomic mass is 127. The number of hydrogen-bond donors (Lipinski definition) is 1. The summed E-state index contributed by atoms with van der Waals surface area (Å²) in [4.78, 5) is 0. The minimum Gasteiger partial charge on any atom is -0.307 e. The van der Waals surface area contributed by atoms with Gasteiger partial charge < -0.3 is 5.32 Å². The number of hydrogen-bond acceptors (Lipinski definition) is 1. The van der Waals surface area contributed by atoms with Crippen molar-refractivity contribution in [3.8, 4) is 0 Å². The number of rotatable bonds is 3. The minimum atomic E-state index is 0.484. The monoisotopic (exact) mass is 301 g/mol. The van der Waals surface area contributed by atoms with Gasteiger partial charge in [0.15, 0.2) is 0 Å². The summed E-state index contributed by atoms with van der Waals surface area (Å²) in [5, 5.41) is 3.66. The van der Waals surface area contributed by atoms with Crippen molar-refractivity contribution in [1.29, 1.82) is 0 Å². The van der Waals surface area contributed by atoms with Crippen molar-refractivity contribution in [2.75, 3.05) is 0 Å². The van der Waals surface area contributed by atoms with E-state index in [4.69, 9.17) is 0 Å². The first-order valence-corrected chi connectivity index (χ1v) is 6.27. The molecule has 1 nitrogen and oxygen atoms in total. The lowest BCUT2D eigenvalue weighted by atomic mass is 10.1. The van der Waals surface area contributed by atoms with E-state index in [9.17, 15) is 0 Å². The molecule has 1 fully saturated rings. The second-order valence-electron chi connectivity index (χ2n) is 4.23. The molecular weight excluding hydrogens is 285 g/mol. The van der Waals surface area contributed by atoms with Crippen molar-refractivity contribution in [3.63, 3.8) is 0 Å². The summed E-state index contributed by atoms with van der Waals surface area (Å²) in [6, 6.07) is 9.83. The van der Waals surface area contributed by atoms with Crippen LogP contribution in [0.25, 0.3) is 0 Å². The molecule has 1 saturated carbocycles. The van der Waals surface area contributed by atoms with Gasteiger partial charge >= 0.3 is 0 Å². The van der Waals surface area contributed by atoms with Crippen molar-refractivity contribution in [3.05, 3.63) is 33.4 Å². The van der Waals surface area contributed by atoms with Crippen LogP contribution in [0.4, 0.5) is 0 Å². The predicted octanol–water partition coefficient (Wildman–Crippen LogP) is 3.35. The topological polar surface area (TPSA) is 12.0 Å². The molecule has 1 aromatic carbocycles. The molecule has 0 aliphatic heterocycles. The molecule has 76 valence electrons. The van der Waals surface area contributed by atoms with E-state index in [1.54, 1.807) is 0 Å². The van der Waals surface area contributed by atoms with Crippen LogP contribution in [0.3, 0.4) is 0 Å². The molecule has 0 heterocycles. The summed E-state index contributed by atoms with van der Waals surface area (Å²) in [6.45, 7) is 4.56. The first-order chi connectivity index (χ1) is 6.68. The third-order valence-corrected chi connectivity index (χ3v) is 3.93. The molecule has 1 N–H and O–H groups in total. The van der Waals surface area contributed by atoms with Crippen LogP contribution >= 0.6 is 22.6 Å². The Morgan fingerprint density at radius 3 is 2.64 bits per heavy atom. The summed E-state index contributed by atoms with van der Waals surface area (Å²) in [5.41, 5.74) is 1.42. The van der Waals surface area contributed by atoms with E-state index in [1.807, 2.05) is 0 Å². The largest absolute Gasteiger partial charge is 0.307 e. The molecule has 0 amide bonds. The average Bonchev–Trinajstić information content (AvgIpc) is 2.82. The highest BCUT2D eigenvalue weighted by Gasteiger charge is 2.33. The van der Waals surface area contributed by atoms with Gasteiger partial charge in [-0.2, -0.15) is 0 Å². The van der Waals surface area contributed by atoms with E-state index < -0.39 is 0 Å². The van der Waals surface area contributed by atoms with Crippen LogP contribution in [0.1, 0.15) is 31.9 Å². The number of nitrogens with one attached hydrogen (secondary N) is 1. The van der Waals surface area contributed by atoms with Gasteiger partial charge in [0.2, 0.25) is 0 Å². The van der Waals surface area contributed by atoms with Gasteiger partial charge in [-0.1, -0.05) is 25.1 Å². The fraction of sp³-hybridized carbons (Fsp3) is 0.500. The molecule has 2 heteroatoms. The quantitative estimate of drug-likeness (QED) is 0.844. The Labute approximate surface area is 99.4 Å². The normalized spacial score (nSPS) is 27.4. The van der Waals surface area contributed by atoms with Crippen LogP contribution in [0, 0.1) is 9.49 Å². The van der Waals surface area contributed by atoms with Crippen LogP contribution in [0.5, 0.6) is 0 Å². The van der Waals surface area contributed by atoms with Gasteiger partial charge in [-0.25, -0.2) is 0 Å². The number of benzene rings is 1. The van der Waals surface area contributed by atoms with Gasteiger partial charge in [-0.15, -0.1) is 0 Å². The molecule has 0 aromatic heterocycles. The molecule has 1 aliphatic rings. The highest BCUT2D eigenvalue weighted by molar-refractivity contribution is 14.1. The molecule has 3 unspecified atom stereocenters. The van der Waals surface area contributed by atoms with E-state index >= 15 is 0 Å². The van der Waals surface area contributed by atoms with Crippen molar-refractivity contribution >= 4 is 22.6 Å². The second kappa shape index (κ2) is 4.19. The van der Waals surface area contributed by atoms with Crippen LogP contribution in [-0.2, 0) is 0 Å². The fourth-order valence-electron chi connectivity index (χ4n) is 1.79. The second-order valence-corrected chi connectivity index (χ2v) is 5.39. The maximum absolute atomic E-state index is 3.66. The number of halogens is 1. The lowest BCUT2D eigenvalue weighted by Crippen LogP contribution is -2.22. The highest BCUT2D eigenvalue weighted by Crippen LogP contribution is 2.32. The maximum atomic E-state index is 3.66. The van der Waals surface area contributed by atoms with Gasteiger partial charge in [0.25, 0.3) is 0 Å². The molecule has 0 bridgehead atoms. The minimum absolute atomic E-state index is 0.484. The standard InChI is InChI=1S/C12H16IN/c1-8-7-12(8)14-9(2)10-5-3-4-6-11(10)13/h3-6,8-9,12,14H,7H2,1-2H3. The Morgan fingerprint density at radius 2 is 2.07 bits per heavy atom. The van der Waals surface area contributed by atoms with Crippen molar-refractivity contribution in [2.45, 2.75) is 32.4 Å². The van der Waals surface area contributed by atoms with Crippen molar-refractivity contribution in [1.82, 2.24) is 5.32 Å². The lowest BCUT2D eigenvalue weighted by molar-refractivity contribution is 0.550. The third kappa shape index (κ3) is 2.28. The molecule has 0 saturated heterocycles. The van der Waals surface area contributed by atoms with Gasteiger partial charge in [0.1, 0.15) is 0 Å². The first-order valence-electron chi connectivity index (χ1n) is 5.19. The zero-order valence-electron chi connectivity index (χ0n) is 8.63. The zero-order chi connectivity index (χ0) is 10.1. The first kappa shape index (κ1) is 10.4. The van der Waals surface area contributed by atoms with E-state index in [0.717, 1.165) is 12.0 Å². The predicted molar refractivity (Wildman–Crippen MR) is 68.3 cm³/mol. The molecule has 0 spiro atoms. The molecule has 14 heavy (non-hydrogen) atoms. The van der Waals surface area contributed by atoms with Crippen LogP contribution in [0.15, 0.2) is 24.3 Å². The van der Waals surface area contributed by atoms with E-state index in [1.165, 1.54) is 15.6 Å². The Kier molecular flexibility index (Phi) is 3.12. The average molecular weight is 301 g/mol. The Morgan fingerprint density at radius 1 is 1.43 bits per heavy atom. The SMILES string of the molecule is CC(NC1CC1C)c1ccccc1I. The van der Waals surface area contributed by atoms with E-state index in [-0.39, 0.29) is 0 Å². The molecule has 1 aromatic rings. The van der Waals surface area contributed by atoms with Gasteiger partial charge in [-0.05, 0) is 53.5 Å². The van der Waals surface area contributed by atoms with E-state index in [0.29, 0.717) is 6.04 Å². The van der Waals surface area contributed by atoms with Crippen LogP contribution < -0.4 is 5.32 Å². The molecule has 1 aliphatic carbocycles. The molecule has 3 atom stereocenters. The lowest BCUT2D eigenvalue weighted by Gasteiger charge is -2.15. The van der Waals surface area contributed by atoms with Crippen molar-refractivity contribution < 1.29 is 0 Å². The summed E-state index contributed by atoms with van der Waals surface area (Å²) < 4.78 is 1.36. The smallest absolute Gasteiger partial charge is 0.0304 e. The maximum Gasteiger partial charge on any atom is 0.0304 e.